The summed E-state index contributed by atoms with van der Waals surface area (Å²) >= 11 is 0. The molecule has 0 saturated carbocycles. The van der Waals surface area contributed by atoms with E-state index >= 15 is 0 Å². The van der Waals surface area contributed by atoms with Gasteiger partial charge in [-0.3, -0.25) is 0 Å². The van der Waals surface area contributed by atoms with Gasteiger partial charge in [0.25, 0.3) is 0 Å². The summed E-state index contributed by atoms with van der Waals surface area (Å²) in [7, 11) is 0. The van der Waals surface area contributed by atoms with Gasteiger partial charge >= 0.3 is 0 Å². The van der Waals surface area contributed by atoms with Crippen LogP contribution in [0.1, 0.15) is 45.6 Å². The van der Waals surface area contributed by atoms with E-state index < -0.39 is 0 Å². The lowest BCUT2D eigenvalue weighted by molar-refractivity contribution is 0.584. The van der Waals surface area contributed by atoms with Crippen LogP contribution in [-0.2, 0) is 0 Å². The van der Waals surface area contributed by atoms with Gasteiger partial charge in [0.15, 0.2) is 34.9 Å². The van der Waals surface area contributed by atoms with Crippen LogP contribution in [-0.4, -0.2) is 42.0 Å². The van der Waals surface area contributed by atoms with Crippen LogP contribution >= 0.6 is 0 Å². The summed E-state index contributed by atoms with van der Waals surface area (Å²) in [5.41, 5.74) is 24.1. The highest BCUT2D eigenvalue weighted by Gasteiger charge is 2.45. The van der Waals surface area contributed by atoms with E-state index in [0.29, 0.717) is 34.9 Å². The fraction of sp³-hybridized carbons (Fsp3) is 0.0392. The summed E-state index contributed by atoms with van der Waals surface area (Å²) in [6, 6.07) is 118. The Balaban J connectivity index is 0.000000135. The van der Waals surface area contributed by atoms with Gasteiger partial charge in [0.05, 0.1) is 23.2 Å². The standard InChI is InChI=1S/2C51H32N4O2/c1-3-14-31(15-4-1)32-16-11-17-33(30-32)49-52-50(38-23-13-27-43-45(38)36-21-8-10-26-42(36)56-43)54-51(53-49)39-24-12-22-37-47-44(57-48(37)39)29-28-41-46(47)35-20-7-9-25-40(35)55(41)34-18-5-2-6-19-34;1-3-13-31(14-4-1)32-25-27-33(28-26-32)49-52-50(38-20-12-24-43-45(38)36-18-8-10-23-42(36)56-43)54-51(53-49)39-21-11-19-37-47-44(57-48(37)39)30-29-41-46(47)35-17-7-9-22-40(35)55(41)34-15-5-2-6-16-34/h2*1-30,41,46H. The summed E-state index contributed by atoms with van der Waals surface area (Å²) in [4.78, 5) is 36.3. The molecule has 536 valence electrons. The Kier molecular flexibility index (Phi) is 14.9. The first kappa shape index (κ1) is 64.8. The number of hydrogen-bond acceptors (Lipinski definition) is 12. The monoisotopic (exact) mass is 1460 g/mol. The van der Waals surface area contributed by atoms with Gasteiger partial charge in [-0.1, -0.05) is 273 Å². The van der Waals surface area contributed by atoms with Crippen molar-refractivity contribution in [3.63, 3.8) is 0 Å². The quantitative estimate of drug-likeness (QED) is 0.129. The van der Waals surface area contributed by atoms with Gasteiger partial charge in [-0.25, -0.2) is 29.9 Å². The van der Waals surface area contributed by atoms with Gasteiger partial charge in [-0.05, 0) is 124 Å². The number of fused-ring (bicyclic) bond motifs is 20. The van der Waals surface area contributed by atoms with Gasteiger partial charge < -0.3 is 27.5 Å². The average molecular weight is 1470 g/mol. The third-order valence-electron chi connectivity index (χ3n) is 23.0. The minimum absolute atomic E-state index is 0.0788. The molecule has 114 heavy (non-hydrogen) atoms. The molecule has 0 amide bonds. The van der Waals surface area contributed by atoms with E-state index in [2.05, 4.69) is 301 Å². The molecule has 4 atom stereocenters. The molecule has 12 nitrogen and oxygen atoms in total. The smallest absolute Gasteiger partial charge is 0.167 e. The maximum Gasteiger partial charge on any atom is 0.167 e. The van der Waals surface area contributed by atoms with Crippen molar-refractivity contribution in [3.8, 4) is 90.6 Å². The molecular formula is C102H64N8O4. The predicted octanol–water partition coefficient (Wildman–Crippen LogP) is 25.7. The van der Waals surface area contributed by atoms with Crippen LogP contribution in [0.3, 0.4) is 0 Å². The average Bonchev–Trinajstić information content (AvgIpc) is 1.56. The number of hydrogen-bond donors (Lipinski definition) is 0. The Bertz CT molecular complexity index is 7290. The number of nitrogens with zero attached hydrogens (tertiary/aromatic N) is 8. The Morgan fingerprint density at radius 1 is 0.246 bits per heavy atom. The van der Waals surface area contributed by atoms with Gasteiger partial charge in [0.2, 0.25) is 0 Å². The van der Waals surface area contributed by atoms with Gasteiger partial charge in [-0.15, -0.1) is 0 Å². The van der Waals surface area contributed by atoms with E-state index in [0.717, 1.165) is 133 Å². The zero-order valence-electron chi connectivity index (χ0n) is 61.2. The highest BCUT2D eigenvalue weighted by molar-refractivity contribution is 6.13. The second kappa shape index (κ2) is 26.3. The molecule has 24 rings (SSSR count). The maximum absolute atomic E-state index is 6.90. The van der Waals surface area contributed by atoms with Gasteiger partial charge in [0, 0.05) is 100 Å². The molecule has 2 aliphatic carbocycles. The third kappa shape index (κ3) is 10.5. The van der Waals surface area contributed by atoms with Crippen LogP contribution in [0.2, 0.25) is 0 Å². The molecule has 4 aliphatic rings. The van der Waals surface area contributed by atoms with Crippen molar-refractivity contribution >= 4 is 101 Å². The van der Waals surface area contributed by atoms with E-state index in [-0.39, 0.29) is 23.9 Å². The highest BCUT2D eigenvalue weighted by atomic mass is 16.3. The summed E-state index contributed by atoms with van der Waals surface area (Å²) in [5.74, 6) is 5.26. The van der Waals surface area contributed by atoms with Crippen molar-refractivity contribution < 1.29 is 17.7 Å². The fourth-order valence-corrected chi connectivity index (χ4v) is 18.0. The molecule has 8 heterocycles. The van der Waals surface area contributed by atoms with Gasteiger partial charge in [-0.2, -0.15) is 0 Å². The Morgan fingerprint density at radius 3 is 1.09 bits per heavy atom. The van der Waals surface area contributed by atoms with Crippen LogP contribution in [0.15, 0.2) is 370 Å². The number of para-hydroxylation sites is 8. The van der Waals surface area contributed by atoms with E-state index in [1.807, 2.05) is 72.8 Å². The first-order valence-corrected chi connectivity index (χ1v) is 38.5. The lowest BCUT2D eigenvalue weighted by Gasteiger charge is -2.30. The van der Waals surface area contributed by atoms with E-state index in [1.54, 1.807) is 0 Å². The first-order valence-electron chi connectivity index (χ1n) is 38.5. The second-order valence-corrected chi connectivity index (χ2v) is 29.4. The molecule has 0 spiro atoms. The van der Waals surface area contributed by atoms with Crippen molar-refractivity contribution in [2.24, 2.45) is 0 Å². The summed E-state index contributed by atoms with van der Waals surface area (Å²) in [5, 5.41) is 6.10. The topological polar surface area (TPSA) is 136 Å². The summed E-state index contributed by atoms with van der Waals surface area (Å²) in [6.07, 6.45) is 8.87. The molecular weight excluding hydrogens is 1400 g/mol. The van der Waals surface area contributed by atoms with E-state index in [1.165, 1.54) is 45.0 Å². The molecule has 0 radical (unpaired) electrons. The van der Waals surface area contributed by atoms with Crippen LogP contribution in [0.4, 0.5) is 22.7 Å². The van der Waals surface area contributed by atoms with E-state index in [4.69, 9.17) is 47.6 Å². The number of anilines is 4. The maximum atomic E-state index is 6.90. The third-order valence-corrected chi connectivity index (χ3v) is 23.0. The van der Waals surface area contributed by atoms with Crippen LogP contribution < -0.4 is 9.80 Å². The van der Waals surface area contributed by atoms with Crippen LogP contribution in [0, 0.1) is 0 Å². The second-order valence-electron chi connectivity index (χ2n) is 29.4. The Morgan fingerprint density at radius 2 is 0.588 bits per heavy atom. The van der Waals surface area contributed by atoms with Crippen LogP contribution in [0.25, 0.3) is 169 Å². The van der Waals surface area contributed by atoms with Crippen molar-refractivity contribution in [3.05, 3.63) is 386 Å². The largest absolute Gasteiger partial charge is 0.456 e. The van der Waals surface area contributed by atoms with Crippen LogP contribution in [0.5, 0.6) is 0 Å². The lowest BCUT2D eigenvalue weighted by atomic mass is 9.82. The molecule has 0 fully saturated rings. The fourth-order valence-electron chi connectivity index (χ4n) is 18.0. The number of furan rings is 4. The van der Waals surface area contributed by atoms with Crippen molar-refractivity contribution in [1.29, 1.82) is 0 Å². The molecule has 2 aliphatic heterocycles. The normalized spacial score (nSPS) is 15.6. The minimum Gasteiger partial charge on any atom is -0.456 e. The number of benzene rings is 14. The Hall–Kier alpha value is -15.1. The van der Waals surface area contributed by atoms with Crippen molar-refractivity contribution in [2.45, 2.75) is 23.9 Å². The zero-order valence-corrected chi connectivity index (χ0v) is 61.2. The molecule has 20 aromatic rings. The van der Waals surface area contributed by atoms with Crippen molar-refractivity contribution in [1.82, 2.24) is 29.9 Å². The Labute approximate surface area is 654 Å². The van der Waals surface area contributed by atoms with Crippen molar-refractivity contribution in [2.75, 3.05) is 9.80 Å². The summed E-state index contributed by atoms with van der Waals surface area (Å²) in [6.45, 7) is 0. The lowest BCUT2D eigenvalue weighted by Crippen LogP contribution is -2.30. The molecule has 14 aromatic carbocycles. The zero-order chi connectivity index (χ0) is 74.9. The minimum atomic E-state index is 0.0788. The highest BCUT2D eigenvalue weighted by Crippen LogP contribution is 2.57. The molecule has 6 aromatic heterocycles. The molecule has 0 bridgehead atoms. The van der Waals surface area contributed by atoms with E-state index in [9.17, 15) is 0 Å². The SMILES string of the molecule is C1=CC2C(c3ccccc3N2c2ccccc2)c2c1oc1c(-c3nc(-c4ccc(-c5ccccc5)cc4)nc(-c4cccc5oc6ccccc6c45)n3)cccc21.C1=CC2C(c3ccccc3N2c2ccccc2)c2c1oc1c(-c3nc(-c4cccc(-c5ccccc5)c4)nc(-c4cccc5oc6ccccc6c45)n3)cccc21. The predicted molar refractivity (Wildman–Crippen MR) is 457 cm³/mol. The number of rotatable bonds is 10. The first-order chi connectivity index (χ1) is 56.5. The number of aromatic nitrogens is 6. The molecule has 12 heteroatoms. The molecule has 0 N–H and O–H groups in total. The molecule has 0 saturated heterocycles. The summed E-state index contributed by atoms with van der Waals surface area (Å²) < 4.78 is 26.4. The van der Waals surface area contributed by atoms with Gasteiger partial charge in [0.1, 0.15) is 45.0 Å². The molecule has 4 unspecified atom stereocenters.